The fourth-order valence-corrected chi connectivity index (χ4v) is 2.64. The highest BCUT2D eigenvalue weighted by Gasteiger charge is 2.21. The van der Waals surface area contributed by atoms with Crippen LogP contribution in [0.3, 0.4) is 0 Å². The molecule has 2 aromatic carbocycles. The molecule has 4 nitrogen and oxygen atoms in total. The molecule has 0 spiro atoms. The van der Waals surface area contributed by atoms with E-state index >= 15 is 0 Å². The molecule has 0 fully saturated rings. The first-order chi connectivity index (χ1) is 11.1. The lowest BCUT2D eigenvalue weighted by atomic mass is 9.95. The highest BCUT2D eigenvalue weighted by Crippen LogP contribution is 2.20. The summed E-state index contributed by atoms with van der Waals surface area (Å²) in [4.78, 5) is 12.5. The first-order valence-corrected chi connectivity index (χ1v) is 7.88. The van der Waals surface area contributed by atoms with Crippen molar-refractivity contribution >= 4 is 5.91 Å². The number of aliphatic hydroxyl groups is 1. The normalized spacial score (nSPS) is 13.3. The highest BCUT2D eigenvalue weighted by molar-refractivity contribution is 5.83. The molecule has 1 amide bonds. The average molecular weight is 313 g/mol. The second-order valence-corrected chi connectivity index (χ2v) is 5.63. The third kappa shape index (κ3) is 4.83. The van der Waals surface area contributed by atoms with E-state index in [-0.39, 0.29) is 30.2 Å². The van der Waals surface area contributed by atoms with Gasteiger partial charge in [0.15, 0.2) is 0 Å². The predicted octanol–water partition coefficient (Wildman–Crippen LogP) is 2.61. The third-order valence-electron chi connectivity index (χ3n) is 3.91. The number of phenols is 1. The highest BCUT2D eigenvalue weighted by atomic mass is 16.3. The van der Waals surface area contributed by atoms with Gasteiger partial charge in [-0.1, -0.05) is 49.4 Å². The van der Waals surface area contributed by atoms with Crippen molar-refractivity contribution in [2.45, 2.75) is 31.7 Å². The van der Waals surface area contributed by atoms with Gasteiger partial charge in [-0.15, -0.1) is 0 Å². The molecule has 2 atom stereocenters. The number of hydrogen-bond donors (Lipinski definition) is 3. The molecule has 0 bridgehead atoms. The van der Waals surface area contributed by atoms with Gasteiger partial charge in [0.25, 0.3) is 0 Å². The number of aliphatic hydroxyl groups excluding tert-OH is 1. The van der Waals surface area contributed by atoms with Crippen LogP contribution in [0.5, 0.6) is 5.75 Å². The first-order valence-electron chi connectivity index (χ1n) is 7.88. The number of phenolic OH excluding ortho intramolecular Hbond substituents is 1. The van der Waals surface area contributed by atoms with Crippen LogP contribution in [0, 0.1) is 0 Å². The number of carbonyl (C=O) groups excluding carboxylic acids is 1. The molecule has 0 saturated carbocycles. The molecule has 4 heteroatoms. The fraction of sp³-hybridized carbons (Fsp3) is 0.316. The van der Waals surface area contributed by atoms with E-state index in [9.17, 15) is 15.0 Å². The summed E-state index contributed by atoms with van der Waals surface area (Å²) in [6.07, 6.45) is 1.22. The summed E-state index contributed by atoms with van der Waals surface area (Å²) in [6.45, 7) is 1.85. The molecule has 0 radical (unpaired) electrons. The number of rotatable bonds is 7. The number of amides is 1. The van der Waals surface area contributed by atoms with Gasteiger partial charge >= 0.3 is 0 Å². The topological polar surface area (TPSA) is 69.6 Å². The van der Waals surface area contributed by atoms with Gasteiger partial charge in [0, 0.05) is 0 Å². The maximum atomic E-state index is 12.5. The van der Waals surface area contributed by atoms with Crippen molar-refractivity contribution in [3.63, 3.8) is 0 Å². The molecule has 3 N–H and O–H groups in total. The molecule has 0 aromatic heterocycles. The van der Waals surface area contributed by atoms with E-state index in [0.717, 1.165) is 11.1 Å². The van der Waals surface area contributed by atoms with Crippen LogP contribution in [0.2, 0.25) is 0 Å². The maximum Gasteiger partial charge on any atom is 0.227 e. The zero-order valence-corrected chi connectivity index (χ0v) is 13.3. The molecule has 0 saturated heterocycles. The molecule has 2 rings (SSSR count). The minimum atomic E-state index is -0.343. The lowest BCUT2D eigenvalue weighted by Gasteiger charge is -2.21. The van der Waals surface area contributed by atoms with Crippen molar-refractivity contribution < 1.29 is 15.0 Å². The van der Waals surface area contributed by atoms with Gasteiger partial charge in [-0.3, -0.25) is 4.79 Å². The molecule has 1 unspecified atom stereocenters. The molecule has 122 valence electrons. The van der Waals surface area contributed by atoms with E-state index in [4.69, 9.17) is 0 Å². The van der Waals surface area contributed by atoms with E-state index in [1.54, 1.807) is 24.3 Å². The van der Waals surface area contributed by atoms with Crippen LogP contribution < -0.4 is 5.32 Å². The summed E-state index contributed by atoms with van der Waals surface area (Å²) in [5, 5.41) is 21.8. The molecule has 0 aliphatic rings. The summed E-state index contributed by atoms with van der Waals surface area (Å²) in [6, 6.07) is 16.1. The second kappa shape index (κ2) is 8.34. The minimum Gasteiger partial charge on any atom is -0.508 e. The Morgan fingerprint density at radius 3 is 2.30 bits per heavy atom. The number of nitrogens with one attached hydrogen (secondary N) is 1. The van der Waals surface area contributed by atoms with Gasteiger partial charge in [-0.25, -0.2) is 0 Å². The Kier molecular flexibility index (Phi) is 6.18. The number of benzene rings is 2. The van der Waals surface area contributed by atoms with Crippen molar-refractivity contribution in [2.75, 3.05) is 6.61 Å². The van der Waals surface area contributed by atoms with E-state index in [1.165, 1.54) is 0 Å². The molecular formula is C19H23NO3. The third-order valence-corrected chi connectivity index (χ3v) is 3.91. The van der Waals surface area contributed by atoms with Crippen LogP contribution in [-0.4, -0.2) is 28.8 Å². The molecular weight excluding hydrogens is 290 g/mol. The lowest BCUT2D eigenvalue weighted by molar-refractivity contribution is -0.123. The Balaban J connectivity index is 2.02. The summed E-state index contributed by atoms with van der Waals surface area (Å²) < 4.78 is 0. The quantitative estimate of drug-likeness (QED) is 0.736. The molecule has 23 heavy (non-hydrogen) atoms. The number of hydrogen-bond acceptors (Lipinski definition) is 3. The number of carbonyl (C=O) groups is 1. The minimum absolute atomic E-state index is 0.0727. The molecule has 0 aliphatic heterocycles. The van der Waals surface area contributed by atoms with E-state index in [0.29, 0.717) is 12.8 Å². The molecule has 0 heterocycles. The van der Waals surface area contributed by atoms with Gasteiger partial charge in [0.05, 0.1) is 18.6 Å². The Bertz CT molecular complexity index is 610. The zero-order chi connectivity index (χ0) is 16.7. The van der Waals surface area contributed by atoms with Crippen LogP contribution in [0.15, 0.2) is 54.6 Å². The van der Waals surface area contributed by atoms with Crippen molar-refractivity contribution in [1.29, 1.82) is 0 Å². The average Bonchev–Trinajstić information content (AvgIpc) is 2.58. The van der Waals surface area contributed by atoms with Gasteiger partial charge in [0.2, 0.25) is 5.91 Å². The van der Waals surface area contributed by atoms with Gasteiger partial charge < -0.3 is 15.5 Å². The van der Waals surface area contributed by atoms with Crippen molar-refractivity contribution in [3.8, 4) is 5.75 Å². The first kappa shape index (κ1) is 17.0. The maximum absolute atomic E-state index is 12.5. The Morgan fingerprint density at radius 1 is 1.09 bits per heavy atom. The monoisotopic (exact) mass is 313 g/mol. The summed E-state index contributed by atoms with van der Waals surface area (Å²) in [7, 11) is 0. The Labute approximate surface area is 136 Å². The van der Waals surface area contributed by atoms with Gasteiger partial charge in [-0.05, 0) is 36.1 Å². The second-order valence-electron chi connectivity index (χ2n) is 5.63. The molecule has 2 aromatic rings. The predicted molar refractivity (Wildman–Crippen MR) is 90.3 cm³/mol. The summed E-state index contributed by atoms with van der Waals surface area (Å²) in [5.74, 6) is -0.0879. The standard InChI is InChI=1S/C19H23NO3/c1-2-18(15-6-4-3-5-7-15)19(23)20-16(13-21)12-14-8-10-17(22)11-9-14/h3-11,16,18,21-22H,2,12-13H2,1H3,(H,20,23)/t16-,18?/m0/s1. The van der Waals surface area contributed by atoms with Gasteiger partial charge in [-0.2, -0.15) is 0 Å². The molecule has 0 aliphatic carbocycles. The summed E-state index contributed by atoms with van der Waals surface area (Å²) in [5.41, 5.74) is 1.93. The Hall–Kier alpha value is -2.33. The van der Waals surface area contributed by atoms with E-state index in [1.807, 2.05) is 37.3 Å². The van der Waals surface area contributed by atoms with Crippen molar-refractivity contribution in [2.24, 2.45) is 0 Å². The SMILES string of the molecule is CCC(C(=O)N[C@H](CO)Cc1ccc(O)cc1)c1ccccc1. The largest absolute Gasteiger partial charge is 0.508 e. The van der Waals surface area contributed by atoms with E-state index < -0.39 is 0 Å². The van der Waals surface area contributed by atoms with Crippen LogP contribution in [-0.2, 0) is 11.2 Å². The van der Waals surface area contributed by atoms with Crippen molar-refractivity contribution in [1.82, 2.24) is 5.32 Å². The van der Waals surface area contributed by atoms with Gasteiger partial charge in [0.1, 0.15) is 5.75 Å². The van der Waals surface area contributed by atoms with Crippen LogP contribution in [0.1, 0.15) is 30.4 Å². The van der Waals surface area contributed by atoms with Crippen LogP contribution >= 0.6 is 0 Å². The lowest BCUT2D eigenvalue weighted by Crippen LogP contribution is -2.41. The smallest absolute Gasteiger partial charge is 0.227 e. The van der Waals surface area contributed by atoms with Crippen LogP contribution in [0.25, 0.3) is 0 Å². The summed E-state index contributed by atoms with van der Waals surface area (Å²) >= 11 is 0. The fourth-order valence-electron chi connectivity index (χ4n) is 2.64. The Morgan fingerprint density at radius 2 is 1.74 bits per heavy atom. The van der Waals surface area contributed by atoms with Crippen molar-refractivity contribution in [3.05, 3.63) is 65.7 Å². The zero-order valence-electron chi connectivity index (χ0n) is 13.3. The van der Waals surface area contributed by atoms with Crippen LogP contribution in [0.4, 0.5) is 0 Å². The number of aromatic hydroxyl groups is 1. The van der Waals surface area contributed by atoms with E-state index in [2.05, 4.69) is 5.32 Å².